The highest BCUT2D eigenvalue weighted by Crippen LogP contribution is 2.35. The van der Waals surface area contributed by atoms with Crippen LogP contribution in [0.4, 0.5) is 0 Å². The molecule has 0 amide bonds. The smallest absolute Gasteiger partial charge is 0.106 e. The van der Waals surface area contributed by atoms with Gasteiger partial charge in [0.15, 0.2) is 0 Å². The zero-order chi connectivity index (χ0) is 14.9. The van der Waals surface area contributed by atoms with Crippen molar-refractivity contribution >= 4 is 0 Å². The Labute approximate surface area is 126 Å². The van der Waals surface area contributed by atoms with Crippen LogP contribution < -0.4 is 0 Å². The van der Waals surface area contributed by atoms with Crippen LogP contribution in [0.25, 0.3) is 0 Å². The first-order valence-corrected chi connectivity index (χ1v) is 8.22. The van der Waals surface area contributed by atoms with Gasteiger partial charge in [-0.15, -0.1) is 0 Å². The molecular weight excluding hydrogens is 266 g/mol. The van der Waals surface area contributed by atoms with Gasteiger partial charge in [-0.1, -0.05) is 6.92 Å². The lowest BCUT2D eigenvalue weighted by Crippen LogP contribution is -2.55. The first-order chi connectivity index (χ1) is 10.1. The number of aliphatic hydroxyl groups is 1. The molecule has 1 spiro atoms. The second-order valence-corrected chi connectivity index (χ2v) is 6.46. The summed E-state index contributed by atoms with van der Waals surface area (Å²) in [5.41, 5.74) is 2.07. The van der Waals surface area contributed by atoms with Gasteiger partial charge in [-0.05, 0) is 32.6 Å². The summed E-state index contributed by atoms with van der Waals surface area (Å²) in [5.74, 6) is 1.07. The van der Waals surface area contributed by atoms with Crippen LogP contribution in [0.3, 0.4) is 0 Å². The normalized spacial score (nSPS) is 26.3. The molecule has 2 fully saturated rings. The number of aliphatic hydroxyl groups excluding tert-OH is 1. The van der Waals surface area contributed by atoms with Crippen molar-refractivity contribution in [3.05, 3.63) is 17.2 Å². The highest BCUT2D eigenvalue weighted by atomic mass is 16.5. The number of aryl methyl sites for hydroxylation is 2. The molecule has 2 saturated heterocycles. The van der Waals surface area contributed by atoms with Crippen LogP contribution in [0.15, 0.2) is 0 Å². The number of hydrogen-bond donors (Lipinski definition) is 2. The molecule has 3 rings (SSSR count). The SMILES string of the molecule is CCc1nc(CN2CCC3(CC2)OCCCC3O)c(C)[nH]1. The van der Waals surface area contributed by atoms with E-state index in [0.717, 1.165) is 69.9 Å². The van der Waals surface area contributed by atoms with Gasteiger partial charge in [-0.3, -0.25) is 4.90 Å². The third kappa shape index (κ3) is 3.00. The molecule has 2 aliphatic rings. The van der Waals surface area contributed by atoms with Crippen molar-refractivity contribution in [2.75, 3.05) is 19.7 Å². The quantitative estimate of drug-likeness (QED) is 0.892. The van der Waals surface area contributed by atoms with E-state index in [4.69, 9.17) is 4.74 Å². The van der Waals surface area contributed by atoms with E-state index in [2.05, 4.69) is 28.7 Å². The van der Waals surface area contributed by atoms with E-state index in [1.165, 1.54) is 5.69 Å². The Morgan fingerprint density at radius 3 is 2.81 bits per heavy atom. The van der Waals surface area contributed by atoms with E-state index in [1.807, 2.05) is 0 Å². The lowest BCUT2D eigenvalue weighted by Gasteiger charge is -2.46. The number of hydrogen-bond acceptors (Lipinski definition) is 4. The van der Waals surface area contributed by atoms with Crippen molar-refractivity contribution < 1.29 is 9.84 Å². The Kier molecular flexibility index (Phi) is 4.33. The minimum absolute atomic E-state index is 0.274. The molecule has 0 aliphatic carbocycles. The number of nitrogens with one attached hydrogen (secondary N) is 1. The van der Waals surface area contributed by atoms with Crippen molar-refractivity contribution in [3.63, 3.8) is 0 Å². The second-order valence-electron chi connectivity index (χ2n) is 6.46. The molecule has 1 aromatic heterocycles. The Morgan fingerprint density at radius 1 is 1.43 bits per heavy atom. The van der Waals surface area contributed by atoms with E-state index < -0.39 is 0 Å². The number of imidazole rings is 1. The number of aromatic amines is 1. The molecule has 5 heteroatoms. The number of piperidine rings is 1. The number of H-pyrrole nitrogens is 1. The minimum atomic E-state index is -0.285. The van der Waals surface area contributed by atoms with E-state index in [1.54, 1.807) is 0 Å². The molecule has 1 aromatic rings. The highest BCUT2D eigenvalue weighted by molar-refractivity contribution is 5.13. The summed E-state index contributed by atoms with van der Waals surface area (Å²) in [4.78, 5) is 10.4. The summed E-state index contributed by atoms with van der Waals surface area (Å²) >= 11 is 0. The maximum absolute atomic E-state index is 10.3. The molecule has 21 heavy (non-hydrogen) atoms. The van der Waals surface area contributed by atoms with Gasteiger partial charge >= 0.3 is 0 Å². The fourth-order valence-corrected chi connectivity index (χ4v) is 3.58. The number of ether oxygens (including phenoxy) is 1. The molecule has 1 unspecified atom stereocenters. The van der Waals surface area contributed by atoms with Crippen LogP contribution >= 0.6 is 0 Å². The van der Waals surface area contributed by atoms with Gasteiger partial charge in [0.25, 0.3) is 0 Å². The molecule has 0 saturated carbocycles. The van der Waals surface area contributed by atoms with E-state index in [0.29, 0.717) is 0 Å². The van der Waals surface area contributed by atoms with Crippen LogP contribution in [0.1, 0.15) is 49.8 Å². The molecule has 2 aliphatic heterocycles. The van der Waals surface area contributed by atoms with Crippen molar-refractivity contribution in [2.45, 2.75) is 64.2 Å². The standard InChI is InChI=1S/C16H27N3O2/c1-3-15-17-12(2)13(18-15)11-19-8-6-16(7-9-19)14(20)5-4-10-21-16/h14,20H,3-11H2,1-2H3,(H,17,18). The van der Waals surface area contributed by atoms with E-state index >= 15 is 0 Å². The topological polar surface area (TPSA) is 61.4 Å². The maximum Gasteiger partial charge on any atom is 0.106 e. The maximum atomic E-state index is 10.3. The summed E-state index contributed by atoms with van der Waals surface area (Å²) in [6.45, 7) is 7.87. The van der Waals surface area contributed by atoms with E-state index in [9.17, 15) is 5.11 Å². The second kappa shape index (κ2) is 6.07. The third-order valence-corrected chi connectivity index (χ3v) is 5.06. The molecule has 118 valence electrons. The minimum Gasteiger partial charge on any atom is -0.390 e. The molecule has 1 atom stereocenters. The van der Waals surface area contributed by atoms with Gasteiger partial charge in [0, 0.05) is 38.4 Å². The van der Waals surface area contributed by atoms with Crippen molar-refractivity contribution in [1.82, 2.24) is 14.9 Å². The molecule has 3 heterocycles. The Balaban J connectivity index is 1.59. The fraction of sp³-hybridized carbons (Fsp3) is 0.812. The Morgan fingerprint density at radius 2 is 2.19 bits per heavy atom. The summed E-state index contributed by atoms with van der Waals surface area (Å²) < 4.78 is 5.96. The van der Waals surface area contributed by atoms with E-state index in [-0.39, 0.29) is 11.7 Å². The average molecular weight is 293 g/mol. The van der Waals surface area contributed by atoms with Crippen LogP contribution in [0, 0.1) is 6.92 Å². The summed E-state index contributed by atoms with van der Waals surface area (Å²) in [6, 6.07) is 0. The van der Waals surface area contributed by atoms with Gasteiger partial charge in [0.2, 0.25) is 0 Å². The zero-order valence-corrected chi connectivity index (χ0v) is 13.2. The third-order valence-electron chi connectivity index (χ3n) is 5.06. The van der Waals surface area contributed by atoms with Gasteiger partial charge in [0.05, 0.1) is 17.4 Å². The summed E-state index contributed by atoms with van der Waals surface area (Å²) in [6.07, 6.45) is 4.39. The molecule has 0 radical (unpaired) electrons. The molecular formula is C16H27N3O2. The summed E-state index contributed by atoms with van der Waals surface area (Å²) in [5, 5.41) is 10.3. The van der Waals surface area contributed by atoms with Gasteiger partial charge < -0.3 is 14.8 Å². The molecule has 5 nitrogen and oxygen atoms in total. The van der Waals surface area contributed by atoms with Crippen LogP contribution in [-0.4, -0.2) is 51.4 Å². The lowest BCUT2D eigenvalue weighted by atomic mass is 9.82. The average Bonchev–Trinajstić information content (AvgIpc) is 2.85. The lowest BCUT2D eigenvalue weighted by molar-refractivity contribution is -0.177. The highest BCUT2D eigenvalue weighted by Gasteiger charge is 2.43. The van der Waals surface area contributed by atoms with Crippen molar-refractivity contribution in [2.24, 2.45) is 0 Å². The van der Waals surface area contributed by atoms with Gasteiger partial charge in [-0.2, -0.15) is 0 Å². The molecule has 2 N–H and O–H groups in total. The summed E-state index contributed by atoms with van der Waals surface area (Å²) in [7, 11) is 0. The first-order valence-electron chi connectivity index (χ1n) is 8.22. The van der Waals surface area contributed by atoms with Gasteiger partial charge in [0.1, 0.15) is 5.82 Å². The Hall–Kier alpha value is -0.910. The molecule has 0 aromatic carbocycles. The predicted molar refractivity (Wildman–Crippen MR) is 81.1 cm³/mol. The van der Waals surface area contributed by atoms with Crippen molar-refractivity contribution in [3.8, 4) is 0 Å². The van der Waals surface area contributed by atoms with Crippen LogP contribution in [0.5, 0.6) is 0 Å². The number of aromatic nitrogens is 2. The number of likely N-dealkylation sites (tertiary alicyclic amines) is 1. The number of rotatable bonds is 3. The largest absolute Gasteiger partial charge is 0.390 e. The zero-order valence-electron chi connectivity index (χ0n) is 13.2. The Bertz CT molecular complexity index is 478. The first kappa shape index (κ1) is 15.0. The van der Waals surface area contributed by atoms with Crippen LogP contribution in [0.2, 0.25) is 0 Å². The predicted octanol–water partition coefficient (Wildman–Crippen LogP) is 1.79. The van der Waals surface area contributed by atoms with Crippen molar-refractivity contribution in [1.29, 1.82) is 0 Å². The number of nitrogens with zero attached hydrogens (tertiary/aromatic N) is 2. The van der Waals surface area contributed by atoms with Crippen LogP contribution in [-0.2, 0) is 17.7 Å². The fourth-order valence-electron chi connectivity index (χ4n) is 3.58. The molecule has 0 bridgehead atoms. The van der Waals surface area contributed by atoms with Gasteiger partial charge in [-0.25, -0.2) is 4.98 Å². The monoisotopic (exact) mass is 293 g/mol.